The van der Waals surface area contributed by atoms with E-state index in [4.69, 9.17) is 5.73 Å². The van der Waals surface area contributed by atoms with E-state index < -0.39 is 0 Å². The Balaban J connectivity index is 2.38. The molecular formula is C14H16BrN2O2+. The number of halogens is 1. The summed E-state index contributed by atoms with van der Waals surface area (Å²) in [5.41, 5.74) is 7.00. The molecule has 0 saturated carbocycles. The summed E-state index contributed by atoms with van der Waals surface area (Å²) < 4.78 is -0.138. The average molecular weight is 324 g/mol. The second kappa shape index (κ2) is 4.90. The standard InChI is InChI=1S/C14H15BrN2O2/c1-14(2,15)7-17-11-10(16)12(18)8-5-3-4-6-9(8)13(11)19/h3-6,17H,7,16H2,1-2H3/p+1. The minimum Gasteiger partial charge on any atom is -0.391 e. The number of Topliss-reactive ketones (excluding diaryl/α,β-unsaturated/α-hetero) is 2. The number of carbonyl (C=O) groups excluding carboxylic acids is 2. The Hall–Kier alpha value is -1.46. The summed E-state index contributed by atoms with van der Waals surface area (Å²) in [6.07, 6.45) is 0. The number of fused-ring (bicyclic) bond motifs is 1. The number of alkyl halides is 1. The number of carbonyl (C=O) groups is 2. The van der Waals surface area contributed by atoms with Gasteiger partial charge in [-0.05, 0) is 13.8 Å². The first-order chi connectivity index (χ1) is 8.81. The topological polar surface area (TPSA) is 76.8 Å². The van der Waals surface area contributed by atoms with Crippen molar-refractivity contribution in [2.24, 2.45) is 5.73 Å². The van der Waals surface area contributed by atoms with E-state index in [2.05, 4.69) is 15.9 Å². The van der Waals surface area contributed by atoms with Gasteiger partial charge >= 0.3 is 0 Å². The van der Waals surface area contributed by atoms with Crippen LogP contribution in [0.15, 0.2) is 35.7 Å². The van der Waals surface area contributed by atoms with Gasteiger partial charge < -0.3 is 11.1 Å². The Bertz CT molecular complexity index is 585. The van der Waals surface area contributed by atoms with Gasteiger partial charge in [-0.25, -0.2) is 0 Å². The van der Waals surface area contributed by atoms with Gasteiger partial charge in [0.05, 0.1) is 10.9 Å². The predicted molar refractivity (Wildman–Crippen MR) is 76.1 cm³/mol. The molecule has 4 N–H and O–H groups in total. The molecule has 0 saturated heterocycles. The first kappa shape index (κ1) is 14.0. The minimum atomic E-state index is -0.270. The molecular weight excluding hydrogens is 308 g/mol. The van der Waals surface area contributed by atoms with E-state index in [-0.39, 0.29) is 21.6 Å². The van der Waals surface area contributed by atoms with Gasteiger partial charge in [0, 0.05) is 11.1 Å². The highest BCUT2D eigenvalue weighted by atomic mass is 79.9. The van der Waals surface area contributed by atoms with Crippen molar-refractivity contribution in [1.29, 1.82) is 0 Å². The second-order valence-corrected chi connectivity index (χ2v) is 7.30. The highest BCUT2D eigenvalue weighted by Crippen LogP contribution is 2.21. The molecule has 0 radical (unpaired) electrons. The maximum Gasteiger partial charge on any atom is 0.249 e. The second-order valence-electron chi connectivity index (χ2n) is 5.16. The zero-order valence-electron chi connectivity index (χ0n) is 10.9. The number of hydrogen-bond donors (Lipinski definition) is 2. The van der Waals surface area contributed by atoms with E-state index in [0.717, 1.165) is 0 Å². The van der Waals surface area contributed by atoms with E-state index in [1.807, 2.05) is 13.8 Å². The maximum absolute atomic E-state index is 12.4. The van der Waals surface area contributed by atoms with Gasteiger partial charge in [-0.1, -0.05) is 40.2 Å². The summed E-state index contributed by atoms with van der Waals surface area (Å²) in [7, 11) is 0. The molecule has 100 valence electrons. The molecule has 0 unspecified atom stereocenters. The summed E-state index contributed by atoms with van der Waals surface area (Å²) in [5.74, 6) is -0.446. The third-order valence-corrected chi connectivity index (χ3v) is 3.31. The van der Waals surface area contributed by atoms with Crippen molar-refractivity contribution in [2.45, 2.75) is 18.2 Å². The zero-order valence-corrected chi connectivity index (χ0v) is 12.5. The Morgan fingerprint density at radius 3 is 2.21 bits per heavy atom. The molecule has 19 heavy (non-hydrogen) atoms. The van der Waals surface area contributed by atoms with Crippen LogP contribution in [0.5, 0.6) is 0 Å². The van der Waals surface area contributed by atoms with Crippen molar-refractivity contribution in [1.82, 2.24) is 0 Å². The quantitative estimate of drug-likeness (QED) is 0.814. The van der Waals surface area contributed by atoms with Gasteiger partial charge in [-0.15, -0.1) is 0 Å². The van der Waals surface area contributed by atoms with E-state index in [1.165, 1.54) is 0 Å². The molecule has 0 amide bonds. The fraction of sp³-hybridized carbons (Fsp3) is 0.286. The number of ketones is 2. The van der Waals surface area contributed by atoms with Crippen molar-refractivity contribution in [3.63, 3.8) is 0 Å². The van der Waals surface area contributed by atoms with E-state index in [9.17, 15) is 9.59 Å². The molecule has 0 fully saturated rings. The van der Waals surface area contributed by atoms with Gasteiger partial charge in [0.1, 0.15) is 5.70 Å². The van der Waals surface area contributed by atoms with Crippen LogP contribution in [0, 0.1) is 0 Å². The maximum atomic E-state index is 12.4. The van der Waals surface area contributed by atoms with Gasteiger partial charge in [-0.3, -0.25) is 9.59 Å². The molecule has 1 aromatic carbocycles. The molecule has 4 nitrogen and oxygen atoms in total. The monoisotopic (exact) mass is 323 g/mol. The fourth-order valence-electron chi connectivity index (χ4n) is 1.96. The molecule has 2 rings (SSSR count). The summed E-state index contributed by atoms with van der Waals surface area (Å²) in [6.45, 7) is 4.59. The minimum absolute atomic E-state index is 0.0421. The van der Waals surface area contributed by atoms with Gasteiger partial charge in [-0.2, -0.15) is 0 Å². The first-order valence-electron chi connectivity index (χ1n) is 6.01. The number of rotatable bonds is 3. The van der Waals surface area contributed by atoms with Crippen LogP contribution in [0.4, 0.5) is 0 Å². The molecule has 0 aromatic heterocycles. The van der Waals surface area contributed by atoms with E-state index >= 15 is 0 Å². The van der Waals surface area contributed by atoms with Crippen LogP contribution in [-0.4, -0.2) is 22.4 Å². The van der Waals surface area contributed by atoms with Crippen molar-refractivity contribution in [3.8, 4) is 0 Å². The SMILES string of the molecule is CC(C)(Br)C[NH2+]C1=C(N)C(=O)c2ccccc2C1=O. The molecule has 0 atom stereocenters. The van der Waals surface area contributed by atoms with Crippen LogP contribution in [-0.2, 0) is 0 Å². The molecule has 1 aliphatic rings. The Labute approximate surface area is 120 Å². The van der Waals surface area contributed by atoms with Crippen LogP contribution in [0.2, 0.25) is 0 Å². The van der Waals surface area contributed by atoms with Gasteiger partial charge in [0.25, 0.3) is 0 Å². The van der Waals surface area contributed by atoms with Crippen molar-refractivity contribution >= 4 is 27.5 Å². The molecule has 0 spiro atoms. The highest BCUT2D eigenvalue weighted by Gasteiger charge is 2.34. The third-order valence-electron chi connectivity index (χ3n) is 2.99. The van der Waals surface area contributed by atoms with Crippen LogP contribution in [0.3, 0.4) is 0 Å². The zero-order chi connectivity index (χ0) is 14.2. The normalized spacial score (nSPS) is 15.7. The first-order valence-corrected chi connectivity index (χ1v) is 6.81. The average Bonchev–Trinajstić information content (AvgIpc) is 2.35. The number of quaternary nitrogens is 1. The molecule has 0 bridgehead atoms. The van der Waals surface area contributed by atoms with Crippen LogP contribution >= 0.6 is 15.9 Å². The number of allylic oxidation sites excluding steroid dienone is 2. The lowest BCUT2D eigenvalue weighted by atomic mass is 9.90. The predicted octanol–water partition coefficient (Wildman–Crippen LogP) is 0.973. The van der Waals surface area contributed by atoms with E-state index in [0.29, 0.717) is 23.4 Å². The summed E-state index contributed by atoms with van der Waals surface area (Å²) in [5, 5.41) is 1.74. The smallest absolute Gasteiger partial charge is 0.249 e. The Kier molecular flexibility index (Phi) is 3.60. The number of hydrogen-bond acceptors (Lipinski definition) is 3. The van der Waals surface area contributed by atoms with Gasteiger partial charge in [0.2, 0.25) is 17.3 Å². The Morgan fingerprint density at radius 2 is 1.68 bits per heavy atom. The van der Waals surface area contributed by atoms with Crippen molar-refractivity contribution < 1.29 is 14.9 Å². The number of benzene rings is 1. The lowest BCUT2D eigenvalue weighted by molar-refractivity contribution is -0.602. The molecule has 1 aromatic rings. The molecule has 5 heteroatoms. The lowest BCUT2D eigenvalue weighted by Gasteiger charge is -2.19. The number of nitrogens with two attached hydrogens (primary N) is 2. The van der Waals surface area contributed by atoms with Crippen LogP contribution in [0.25, 0.3) is 0 Å². The van der Waals surface area contributed by atoms with Crippen molar-refractivity contribution in [2.75, 3.05) is 6.54 Å². The van der Waals surface area contributed by atoms with Crippen molar-refractivity contribution in [3.05, 3.63) is 46.8 Å². The molecule has 0 aliphatic heterocycles. The van der Waals surface area contributed by atoms with Crippen LogP contribution in [0.1, 0.15) is 34.6 Å². The summed E-state index contributed by atoms with van der Waals surface area (Å²) >= 11 is 3.50. The fourth-order valence-corrected chi connectivity index (χ4v) is 2.12. The third kappa shape index (κ3) is 2.77. The molecule has 1 aliphatic carbocycles. The summed E-state index contributed by atoms with van der Waals surface area (Å²) in [4.78, 5) is 24.5. The summed E-state index contributed by atoms with van der Waals surface area (Å²) in [6, 6.07) is 6.77. The van der Waals surface area contributed by atoms with Crippen LogP contribution < -0.4 is 11.1 Å². The van der Waals surface area contributed by atoms with E-state index in [1.54, 1.807) is 29.6 Å². The van der Waals surface area contributed by atoms with Gasteiger partial charge in [0.15, 0.2) is 0 Å². The lowest BCUT2D eigenvalue weighted by Crippen LogP contribution is -2.87. The highest BCUT2D eigenvalue weighted by molar-refractivity contribution is 9.10. The largest absolute Gasteiger partial charge is 0.391 e. The molecule has 0 heterocycles. The Morgan fingerprint density at radius 1 is 1.16 bits per heavy atom.